The van der Waals surface area contributed by atoms with Crippen molar-refractivity contribution in [3.63, 3.8) is 0 Å². The van der Waals surface area contributed by atoms with Gasteiger partial charge in [0.2, 0.25) is 17.7 Å². The summed E-state index contributed by atoms with van der Waals surface area (Å²) >= 11 is 0. The quantitative estimate of drug-likeness (QED) is 0.415. The molecule has 0 radical (unpaired) electrons. The van der Waals surface area contributed by atoms with Gasteiger partial charge in [-0.05, 0) is 31.0 Å². The summed E-state index contributed by atoms with van der Waals surface area (Å²) in [5, 5.41) is 16.2. The fraction of sp³-hybridized carbons (Fsp3) is 0.440. The first-order valence-electron chi connectivity index (χ1n) is 11.8. The van der Waals surface area contributed by atoms with Crippen LogP contribution in [0.2, 0.25) is 0 Å². The van der Waals surface area contributed by atoms with Gasteiger partial charge < -0.3 is 25.0 Å². The number of anilines is 2. The topological polar surface area (TPSA) is 116 Å². The number of nitrogens with zero attached hydrogens (tertiary/aromatic N) is 5. The molecule has 1 aromatic carbocycles. The van der Waals surface area contributed by atoms with E-state index >= 15 is 0 Å². The molecule has 2 aliphatic rings. The maximum absolute atomic E-state index is 12.6. The van der Waals surface area contributed by atoms with Gasteiger partial charge in [-0.15, -0.1) is 0 Å². The zero-order chi connectivity index (χ0) is 24.6. The van der Waals surface area contributed by atoms with Crippen LogP contribution in [0.25, 0.3) is 5.57 Å². The van der Waals surface area contributed by atoms with Crippen LogP contribution in [0.15, 0.2) is 36.3 Å². The molecule has 0 saturated carbocycles. The highest BCUT2D eigenvalue weighted by molar-refractivity contribution is 5.83. The van der Waals surface area contributed by atoms with Crippen LogP contribution in [0, 0.1) is 18.3 Å². The lowest BCUT2D eigenvalue weighted by molar-refractivity contribution is -0.133. The fourth-order valence-electron chi connectivity index (χ4n) is 4.06. The van der Waals surface area contributed by atoms with Gasteiger partial charge in [0.25, 0.3) is 0 Å². The molecule has 2 N–H and O–H groups in total. The second-order valence-electron chi connectivity index (χ2n) is 8.51. The second-order valence-corrected chi connectivity index (χ2v) is 8.51. The molecule has 0 spiro atoms. The van der Waals surface area contributed by atoms with Crippen LogP contribution < -0.4 is 15.4 Å². The van der Waals surface area contributed by atoms with Gasteiger partial charge in [0, 0.05) is 59.0 Å². The van der Waals surface area contributed by atoms with Gasteiger partial charge in [-0.25, -0.2) is 9.97 Å². The Morgan fingerprint density at radius 2 is 2.09 bits per heavy atom. The van der Waals surface area contributed by atoms with E-state index in [1.807, 2.05) is 36.1 Å². The summed E-state index contributed by atoms with van der Waals surface area (Å²) < 4.78 is 11.0. The van der Waals surface area contributed by atoms with Gasteiger partial charge >= 0.3 is 0 Å². The van der Waals surface area contributed by atoms with E-state index < -0.39 is 0 Å². The summed E-state index contributed by atoms with van der Waals surface area (Å²) in [6.45, 7) is 7.31. The van der Waals surface area contributed by atoms with Crippen LogP contribution >= 0.6 is 0 Å². The van der Waals surface area contributed by atoms with Crippen molar-refractivity contribution in [2.75, 3.05) is 63.6 Å². The number of allylic oxidation sites excluding steroid dienone is 1. The minimum absolute atomic E-state index is 0.171. The molecular formula is C25H31N7O3. The molecule has 4 rings (SSSR count). The number of methoxy groups -OCH3 is 1. The number of amides is 1. The van der Waals surface area contributed by atoms with Crippen molar-refractivity contribution >= 4 is 23.1 Å². The minimum atomic E-state index is 0.171. The standard InChI is InChI=1S/C25H31N7O3/c1-18-17-28-25(27-9-5-8-22(33)32-12-10-31(11-13-32)14-15-34-2)30-23(18)19(16-26)24-29-20-6-3-4-7-21(20)35-24/h3-4,6-7,17,29H,5,8-15H2,1-2H3,(H,27,28,30)/b24-19+. The number of ether oxygens (including phenoxy) is 2. The van der Waals surface area contributed by atoms with Crippen LogP contribution in [0.4, 0.5) is 11.6 Å². The van der Waals surface area contributed by atoms with Crippen LogP contribution in [0.1, 0.15) is 24.1 Å². The fourth-order valence-corrected chi connectivity index (χ4v) is 4.06. The van der Waals surface area contributed by atoms with Gasteiger partial charge in [0.15, 0.2) is 5.75 Å². The molecule has 1 fully saturated rings. The SMILES string of the molecule is COCCN1CCN(C(=O)CCCNc2ncc(C)c(/C(C#N)=C3\Nc4ccccc4O3)n2)CC1. The molecule has 2 aliphatic heterocycles. The van der Waals surface area contributed by atoms with E-state index in [-0.39, 0.29) is 5.91 Å². The van der Waals surface area contributed by atoms with E-state index in [9.17, 15) is 10.1 Å². The minimum Gasteiger partial charge on any atom is -0.437 e. The monoisotopic (exact) mass is 477 g/mol. The highest BCUT2D eigenvalue weighted by Gasteiger charge is 2.23. The van der Waals surface area contributed by atoms with E-state index in [0.717, 1.165) is 44.0 Å². The van der Waals surface area contributed by atoms with Gasteiger partial charge in [-0.3, -0.25) is 9.69 Å². The van der Waals surface area contributed by atoms with Crippen molar-refractivity contribution < 1.29 is 14.3 Å². The molecule has 2 aromatic rings. The molecule has 184 valence electrons. The molecule has 10 nitrogen and oxygen atoms in total. The average Bonchev–Trinajstić information content (AvgIpc) is 3.31. The lowest BCUT2D eigenvalue weighted by Gasteiger charge is -2.34. The van der Waals surface area contributed by atoms with E-state index in [4.69, 9.17) is 9.47 Å². The van der Waals surface area contributed by atoms with Crippen LogP contribution in [-0.4, -0.2) is 78.7 Å². The molecule has 0 bridgehead atoms. The van der Waals surface area contributed by atoms with Crippen molar-refractivity contribution in [3.05, 3.63) is 47.6 Å². The summed E-state index contributed by atoms with van der Waals surface area (Å²) in [6.07, 6.45) is 2.81. The van der Waals surface area contributed by atoms with Crippen LogP contribution in [0.3, 0.4) is 0 Å². The van der Waals surface area contributed by atoms with Crippen molar-refractivity contribution in [2.24, 2.45) is 0 Å². The zero-order valence-electron chi connectivity index (χ0n) is 20.2. The highest BCUT2D eigenvalue weighted by Crippen LogP contribution is 2.35. The average molecular weight is 478 g/mol. The summed E-state index contributed by atoms with van der Waals surface area (Å²) in [5.41, 5.74) is 2.38. The van der Waals surface area contributed by atoms with Crippen LogP contribution in [-0.2, 0) is 9.53 Å². The number of nitrogens with one attached hydrogen (secondary N) is 2. The molecule has 1 amide bonds. The summed E-state index contributed by atoms with van der Waals surface area (Å²) in [6, 6.07) is 9.71. The Kier molecular flexibility index (Phi) is 8.13. The van der Waals surface area contributed by atoms with Crippen molar-refractivity contribution in [1.29, 1.82) is 5.26 Å². The smallest absolute Gasteiger partial charge is 0.223 e. The second kappa shape index (κ2) is 11.6. The Labute approximate surface area is 205 Å². The number of para-hydroxylation sites is 2. The first-order valence-corrected chi connectivity index (χ1v) is 11.8. The summed E-state index contributed by atoms with van der Waals surface area (Å²) in [4.78, 5) is 25.7. The number of carbonyl (C=O) groups excluding carboxylic acids is 1. The number of hydrogen-bond acceptors (Lipinski definition) is 9. The van der Waals surface area contributed by atoms with Crippen molar-refractivity contribution in [3.8, 4) is 11.8 Å². The number of fused-ring (bicyclic) bond motifs is 1. The number of nitriles is 1. The number of carbonyl (C=O) groups is 1. The van der Waals surface area contributed by atoms with E-state index in [0.29, 0.717) is 54.8 Å². The predicted octanol–water partition coefficient (Wildman–Crippen LogP) is 2.46. The molecule has 0 unspecified atom stereocenters. The molecule has 1 aromatic heterocycles. The molecule has 35 heavy (non-hydrogen) atoms. The third-order valence-electron chi connectivity index (χ3n) is 6.08. The third kappa shape index (κ3) is 6.07. The normalized spacial score (nSPS) is 16.7. The van der Waals surface area contributed by atoms with E-state index in [2.05, 4.69) is 31.6 Å². The highest BCUT2D eigenvalue weighted by atomic mass is 16.5. The number of piperazine rings is 1. The van der Waals surface area contributed by atoms with Gasteiger partial charge in [0.1, 0.15) is 11.6 Å². The summed E-state index contributed by atoms with van der Waals surface area (Å²) in [5.74, 6) is 1.61. The predicted molar refractivity (Wildman–Crippen MR) is 133 cm³/mol. The Bertz CT molecular complexity index is 1090. The molecular weight excluding hydrogens is 446 g/mol. The summed E-state index contributed by atoms with van der Waals surface area (Å²) in [7, 11) is 1.70. The maximum atomic E-state index is 12.6. The number of rotatable bonds is 9. The Hall–Kier alpha value is -3.68. The lowest BCUT2D eigenvalue weighted by Crippen LogP contribution is -2.49. The zero-order valence-corrected chi connectivity index (χ0v) is 20.2. The molecule has 0 atom stereocenters. The van der Waals surface area contributed by atoms with Crippen molar-refractivity contribution in [2.45, 2.75) is 19.8 Å². The molecule has 0 aliphatic carbocycles. The van der Waals surface area contributed by atoms with E-state index in [1.54, 1.807) is 13.3 Å². The largest absolute Gasteiger partial charge is 0.437 e. The molecule has 10 heteroatoms. The third-order valence-corrected chi connectivity index (χ3v) is 6.08. The first-order chi connectivity index (χ1) is 17.1. The lowest BCUT2D eigenvalue weighted by atomic mass is 10.1. The Morgan fingerprint density at radius 1 is 1.29 bits per heavy atom. The molecule has 1 saturated heterocycles. The van der Waals surface area contributed by atoms with Gasteiger partial charge in [0.05, 0.1) is 18.0 Å². The maximum Gasteiger partial charge on any atom is 0.223 e. The van der Waals surface area contributed by atoms with Gasteiger partial charge in [-0.1, -0.05) is 12.1 Å². The number of aromatic nitrogens is 2. The Morgan fingerprint density at radius 3 is 2.83 bits per heavy atom. The Balaban J connectivity index is 1.29. The van der Waals surface area contributed by atoms with E-state index in [1.165, 1.54) is 0 Å². The number of aryl methyl sites for hydroxylation is 1. The number of hydrogen-bond donors (Lipinski definition) is 2. The first kappa shape index (κ1) is 24.4. The number of benzene rings is 1. The van der Waals surface area contributed by atoms with Gasteiger partial charge in [-0.2, -0.15) is 5.26 Å². The van der Waals surface area contributed by atoms with Crippen LogP contribution in [0.5, 0.6) is 5.75 Å². The molecule has 3 heterocycles. The van der Waals surface area contributed by atoms with Crippen molar-refractivity contribution in [1.82, 2.24) is 19.8 Å².